The maximum Gasteiger partial charge on any atom is 2.00 e. The van der Waals surface area contributed by atoms with E-state index in [1.807, 2.05) is 62.4 Å². The summed E-state index contributed by atoms with van der Waals surface area (Å²) < 4.78 is 1.92. The second kappa shape index (κ2) is 29.6. The van der Waals surface area contributed by atoms with E-state index in [9.17, 15) is 0 Å². The van der Waals surface area contributed by atoms with Crippen LogP contribution < -0.4 is 0 Å². The Hall–Kier alpha value is 2.45. The molecule has 302 valence electrons. The van der Waals surface area contributed by atoms with E-state index in [4.69, 9.17) is 19.4 Å². The first-order valence-electron chi connectivity index (χ1n) is 22.5. The fourth-order valence-electron chi connectivity index (χ4n) is 10.9. The van der Waals surface area contributed by atoms with Gasteiger partial charge in [0.05, 0.1) is 0 Å². The fraction of sp³-hybridized carbons (Fsp3) is 0.766. The van der Waals surface area contributed by atoms with E-state index in [1.165, 1.54) is 72.5 Å². The minimum Gasteiger partial charge on any atom is 2.00 e. The van der Waals surface area contributed by atoms with Gasteiger partial charge in [0.15, 0.2) is 0 Å². The molecule has 8 rings (SSSR count). The molecule has 0 N–H and O–H groups in total. The molecule has 0 aromatic carbocycles. The Morgan fingerprint density at radius 3 is 0.755 bits per heavy atom. The molecule has 8 saturated carbocycles. The van der Waals surface area contributed by atoms with E-state index in [-0.39, 0.29) is 17.1 Å². The molecule has 8 fully saturated rings. The predicted molar refractivity (Wildman–Crippen MR) is 235 cm³/mol. The van der Waals surface area contributed by atoms with Crippen molar-refractivity contribution >= 4 is 39.8 Å². The monoisotopic (exact) mass is 930 g/mol. The Morgan fingerprint density at radius 1 is 0.358 bits per heavy atom. The molecule has 0 aromatic heterocycles. The van der Waals surface area contributed by atoms with Gasteiger partial charge in [0, 0.05) is 0 Å². The zero-order chi connectivity index (χ0) is 36.1. The van der Waals surface area contributed by atoms with E-state index < -0.39 is 13.5 Å². The molecule has 8 aliphatic rings. The van der Waals surface area contributed by atoms with E-state index >= 15 is 0 Å². The van der Waals surface area contributed by atoms with Gasteiger partial charge in [-0.1, -0.05) is 131 Å². The summed E-state index contributed by atoms with van der Waals surface area (Å²) in [6, 6.07) is 0. The van der Waals surface area contributed by atoms with Crippen molar-refractivity contribution in [3.8, 4) is 0 Å². The minimum absolute atomic E-state index is 0. The molecule has 0 amide bonds. The summed E-state index contributed by atoms with van der Waals surface area (Å²) in [5.41, 5.74) is 7.14. The van der Waals surface area contributed by atoms with E-state index in [2.05, 4.69) is 0 Å². The summed E-state index contributed by atoms with van der Waals surface area (Å²) in [7, 11) is 12.0. The number of hydrogen-bond donors (Lipinski definition) is 0. The Kier molecular flexibility index (Phi) is 26.9. The van der Waals surface area contributed by atoms with Crippen LogP contribution in [-0.4, -0.2) is 38.6 Å². The van der Waals surface area contributed by atoms with Crippen LogP contribution in [0.2, 0.25) is 0 Å². The maximum atomic E-state index is 5.62. The standard InChI is InChI=1S/2C18H33P.C6H5.C5H5.2ClH.Fe.Ru/c2*1-4-10-16(11-5-1)19(17-12-6-2-7-13-17)18-14-8-3-9-15-18;1-6-4-2-3-5-6;1-2-4-5-3-1;;;;/h2*16-18H,1-15H2;1-5H;1-5H;2*1H;;/q;;;;;;2*+2/p-2. The molecule has 6 heteroatoms. The van der Waals surface area contributed by atoms with Crippen LogP contribution in [0.15, 0.2) is 0 Å². The third-order valence-corrected chi connectivity index (χ3v) is 23.4. The average molecular weight is 931 g/mol. The average Bonchev–Trinajstić information content (AvgIpc) is 3.97. The van der Waals surface area contributed by atoms with Gasteiger partial charge in [-0.25, -0.2) is 0 Å². The summed E-state index contributed by atoms with van der Waals surface area (Å²) in [5.74, 6) is 1.14. The van der Waals surface area contributed by atoms with Crippen LogP contribution in [0, 0.1) is 63.7 Å². The van der Waals surface area contributed by atoms with Crippen molar-refractivity contribution in [2.45, 2.75) is 227 Å². The normalized spacial score (nSPS) is 26.8. The van der Waals surface area contributed by atoms with Crippen molar-refractivity contribution in [1.29, 1.82) is 0 Å². The quantitative estimate of drug-likeness (QED) is 0.176. The zero-order valence-corrected chi connectivity index (χ0v) is 39.5. The van der Waals surface area contributed by atoms with Gasteiger partial charge in [-0.2, -0.15) is 0 Å². The summed E-state index contributed by atoms with van der Waals surface area (Å²) >= 11 is -1.58. The molecule has 10 radical (unpaired) electrons. The predicted octanol–water partition coefficient (Wildman–Crippen LogP) is 16.1. The van der Waals surface area contributed by atoms with Gasteiger partial charge in [-0.15, -0.1) is 0 Å². The molecule has 0 unspecified atom stereocenters. The first-order valence-corrected chi connectivity index (χ1v) is 31.0. The molecule has 0 saturated heterocycles. The maximum absolute atomic E-state index is 5.62. The Labute approximate surface area is 358 Å². The fourth-order valence-corrected chi connectivity index (χ4v) is 22.1. The topological polar surface area (TPSA) is 0 Å². The van der Waals surface area contributed by atoms with E-state index in [0.29, 0.717) is 15.8 Å². The summed E-state index contributed by atoms with van der Waals surface area (Å²) in [4.78, 5) is 0. The number of halogens is 2. The van der Waals surface area contributed by atoms with Gasteiger partial charge in [0.25, 0.3) is 0 Å². The van der Waals surface area contributed by atoms with Crippen molar-refractivity contribution in [3.05, 3.63) is 63.7 Å². The molecule has 0 heterocycles. The first-order chi connectivity index (χ1) is 25.7. The molecule has 0 spiro atoms. The van der Waals surface area contributed by atoms with Crippen LogP contribution in [0.5, 0.6) is 0 Å². The van der Waals surface area contributed by atoms with Gasteiger partial charge in [0.1, 0.15) is 0 Å². The molecule has 0 aromatic rings. The second-order valence-corrected chi connectivity index (χ2v) is 29.0. The van der Waals surface area contributed by atoms with Crippen molar-refractivity contribution in [1.82, 2.24) is 0 Å². The molecule has 0 atom stereocenters. The third kappa shape index (κ3) is 18.3. The third-order valence-electron chi connectivity index (χ3n) is 13.4. The van der Waals surface area contributed by atoms with Crippen molar-refractivity contribution in [2.24, 2.45) is 0 Å². The first kappa shape index (κ1) is 48.1. The number of hydrogen-bond acceptors (Lipinski definition) is 0. The van der Waals surface area contributed by atoms with Crippen LogP contribution in [-0.2, 0) is 30.6 Å². The van der Waals surface area contributed by atoms with Gasteiger partial charge < -0.3 is 0 Å². The Bertz CT molecular complexity index is 754. The zero-order valence-electron chi connectivity index (χ0n) is 33.3. The van der Waals surface area contributed by atoms with Crippen LogP contribution in [0.25, 0.3) is 0 Å². The Balaban J connectivity index is 0.000000173. The van der Waals surface area contributed by atoms with Gasteiger partial charge >= 0.3 is 86.2 Å². The molecule has 8 aliphatic carbocycles. The summed E-state index contributed by atoms with van der Waals surface area (Å²) in [6.07, 6.45) is 65.2. The van der Waals surface area contributed by atoms with Crippen LogP contribution >= 0.6 is 35.2 Å². The SMILES string of the molecule is C1CCC(P(C2CCCCC2)C2CCCCC2)CC1.C1CCC(P(C2CCCCC2)C2CCCCC2)CC1.[CH]1[CH][CH][CH][CH]1.[Cl][Ru]([Cl])=[CH][C]1[CH][CH][CH][CH]1.[Fe+2]. The molecule has 0 aliphatic heterocycles. The summed E-state index contributed by atoms with van der Waals surface area (Å²) in [6.45, 7) is 0. The van der Waals surface area contributed by atoms with Gasteiger partial charge in [-0.05, 0) is 143 Å². The van der Waals surface area contributed by atoms with E-state index in [1.54, 1.807) is 154 Å². The molecular formula is C47H76Cl2FeP2Ru+2. The van der Waals surface area contributed by atoms with Crippen molar-refractivity contribution in [2.75, 3.05) is 0 Å². The second-order valence-electron chi connectivity index (χ2n) is 17.1. The molecular weight excluding hydrogens is 854 g/mol. The Morgan fingerprint density at radius 2 is 0.566 bits per heavy atom. The number of rotatable bonds is 7. The smallest absolute Gasteiger partial charge is 2.00 e. The summed E-state index contributed by atoms with van der Waals surface area (Å²) in [5, 5.41) is 0. The van der Waals surface area contributed by atoms with Crippen LogP contribution in [0.3, 0.4) is 0 Å². The van der Waals surface area contributed by atoms with Gasteiger partial charge in [-0.3, -0.25) is 0 Å². The van der Waals surface area contributed by atoms with E-state index in [0.717, 1.165) is 5.92 Å². The van der Waals surface area contributed by atoms with Gasteiger partial charge in [0.2, 0.25) is 0 Å². The molecule has 53 heavy (non-hydrogen) atoms. The van der Waals surface area contributed by atoms with Crippen LogP contribution in [0.1, 0.15) is 193 Å². The van der Waals surface area contributed by atoms with Crippen molar-refractivity contribution < 1.29 is 30.6 Å². The largest absolute Gasteiger partial charge is 2.00 e. The molecule has 0 nitrogen and oxygen atoms in total. The van der Waals surface area contributed by atoms with Crippen LogP contribution in [0.4, 0.5) is 0 Å². The van der Waals surface area contributed by atoms with Crippen molar-refractivity contribution in [3.63, 3.8) is 0 Å². The minimum atomic E-state index is -1.58. The molecule has 0 bridgehead atoms.